The van der Waals surface area contributed by atoms with Crippen LogP contribution < -0.4 is 0 Å². The van der Waals surface area contributed by atoms with Crippen LogP contribution in [0, 0.1) is 0 Å². The van der Waals surface area contributed by atoms with Crippen molar-refractivity contribution in [1.82, 2.24) is 0 Å². The van der Waals surface area contributed by atoms with E-state index < -0.39 is 0 Å². The molecule has 0 saturated heterocycles. The highest BCUT2D eigenvalue weighted by atomic mass is 16.3. The molecule has 1 nitrogen and oxygen atoms in total. The number of furan rings is 1. The van der Waals surface area contributed by atoms with Gasteiger partial charge in [-0.3, -0.25) is 0 Å². The average Bonchev–Trinajstić information content (AvgIpc) is 3.71. The molecule has 0 bridgehead atoms. The van der Waals surface area contributed by atoms with Gasteiger partial charge in [-0.1, -0.05) is 140 Å². The molecule has 0 radical (unpaired) electrons. The van der Waals surface area contributed by atoms with Crippen molar-refractivity contribution >= 4 is 65.0 Å². The van der Waals surface area contributed by atoms with Gasteiger partial charge in [-0.2, -0.15) is 0 Å². The summed E-state index contributed by atoms with van der Waals surface area (Å²) in [6.07, 6.45) is 0. The van der Waals surface area contributed by atoms with E-state index in [9.17, 15) is 0 Å². The van der Waals surface area contributed by atoms with Crippen LogP contribution in [-0.2, 0) is 5.41 Å². The zero-order valence-electron chi connectivity index (χ0n) is 29.2. The molecule has 0 fully saturated rings. The van der Waals surface area contributed by atoms with E-state index in [-0.39, 0.29) is 5.41 Å². The lowest BCUT2D eigenvalue weighted by Crippen LogP contribution is -2.22. The van der Waals surface area contributed by atoms with Crippen LogP contribution in [0.4, 0.5) is 0 Å². The van der Waals surface area contributed by atoms with E-state index in [1.807, 2.05) is 6.07 Å². The molecule has 53 heavy (non-hydrogen) atoms. The van der Waals surface area contributed by atoms with Gasteiger partial charge in [0.25, 0.3) is 0 Å². The maximum atomic E-state index is 6.30. The van der Waals surface area contributed by atoms with Crippen LogP contribution in [0.15, 0.2) is 180 Å². The highest BCUT2D eigenvalue weighted by Crippen LogP contribution is 2.55. The number of hydrogen-bond acceptors (Lipinski definition) is 1. The summed E-state index contributed by atoms with van der Waals surface area (Å²) < 4.78 is 6.30. The first-order chi connectivity index (χ1) is 26.1. The van der Waals surface area contributed by atoms with Crippen LogP contribution in [0.3, 0.4) is 0 Å². The van der Waals surface area contributed by atoms with Gasteiger partial charge >= 0.3 is 0 Å². The Morgan fingerprint density at radius 1 is 0.358 bits per heavy atom. The third-order valence-corrected chi connectivity index (χ3v) is 12.3. The largest absolute Gasteiger partial charge is 0.456 e. The van der Waals surface area contributed by atoms with E-state index >= 15 is 0 Å². The molecule has 1 aromatic heterocycles. The molecule has 12 rings (SSSR count). The van der Waals surface area contributed by atoms with Crippen molar-refractivity contribution in [2.45, 2.75) is 12.3 Å². The van der Waals surface area contributed by atoms with Gasteiger partial charge in [0.1, 0.15) is 11.2 Å². The quantitative estimate of drug-likeness (QED) is 0.170. The SMILES string of the molecule is CC1(c2ccc3oc4ccccc4c3c2)c2cc(-c3ccc4ccc5c(-c6ccccc6)ccc6ccc3c4c65)ccc2-c2cc3ccccc3cc21. The van der Waals surface area contributed by atoms with Crippen molar-refractivity contribution < 1.29 is 4.42 Å². The Balaban J connectivity index is 1.11. The molecule has 1 heterocycles. The molecule has 1 aliphatic carbocycles. The van der Waals surface area contributed by atoms with Crippen LogP contribution in [0.2, 0.25) is 0 Å². The summed E-state index contributed by atoms with van der Waals surface area (Å²) in [5, 5.41) is 12.7. The molecule has 0 amide bonds. The summed E-state index contributed by atoms with van der Waals surface area (Å²) in [4.78, 5) is 0. The molecular formula is C52H32O. The van der Waals surface area contributed by atoms with Crippen molar-refractivity contribution in [3.8, 4) is 33.4 Å². The Morgan fingerprint density at radius 2 is 0.962 bits per heavy atom. The molecular weight excluding hydrogens is 641 g/mol. The van der Waals surface area contributed by atoms with Crippen molar-refractivity contribution in [3.63, 3.8) is 0 Å². The van der Waals surface area contributed by atoms with Crippen LogP contribution in [0.5, 0.6) is 0 Å². The van der Waals surface area contributed by atoms with Gasteiger partial charge in [-0.05, 0) is 136 Å². The molecule has 0 spiro atoms. The zero-order valence-corrected chi connectivity index (χ0v) is 29.2. The highest BCUT2D eigenvalue weighted by Gasteiger charge is 2.41. The van der Waals surface area contributed by atoms with Gasteiger partial charge in [0.15, 0.2) is 0 Å². The van der Waals surface area contributed by atoms with E-state index in [0.29, 0.717) is 0 Å². The monoisotopic (exact) mass is 672 g/mol. The minimum Gasteiger partial charge on any atom is -0.456 e. The molecule has 11 aromatic rings. The minimum absolute atomic E-state index is 0.383. The Bertz CT molecular complexity index is 3290. The topological polar surface area (TPSA) is 13.1 Å². The fourth-order valence-corrected chi connectivity index (χ4v) is 9.65. The predicted molar refractivity (Wildman–Crippen MR) is 223 cm³/mol. The molecule has 1 aliphatic rings. The molecule has 0 aliphatic heterocycles. The Labute approximate surface area is 306 Å². The number of benzene rings is 10. The summed E-state index contributed by atoms with van der Waals surface area (Å²) in [5.41, 5.74) is 13.1. The van der Waals surface area contributed by atoms with E-state index in [4.69, 9.17) is 4.42 Å². The fraction of sp³-hybridized carbons (Fsp3) is 0.0385. The summed E-state index contributed by atoms with van der Waals surface area (Å²) in [6.45, 7) is 2.43. The number of hydrogen-bond donors (Lipinski definition) is 0. The minimum atomic E-state index is -0.383. The van der Waals surface area contributed by atoms with Gasteiger partial charge in [-0.25, -0.2) is 0 Å². The van der Waals surface area contributed by atoms with E-state index in [0.717, 1.165) is 21.9 Å². The van der Waals surface area contributed by atoms with E-state index in [1.165, 1.54) is 93.2 Å². The third-order valence-electron chi connectivity index (χ3n) is 12.3. The van der Waals surface area contributed by atoms with Crippen LogP contribution >= 0.6 is 0 Å². The second-order valence-corrected chi connectivity index (χ2v) is 15.0. The van der Waals surface area contributed by atoms with Crippen LogP contribution in [-0.4, -0.2) is 0 Å². The maximum Gasteiger partial charge on any atom is 0.135 e. The predicted octanol–water partition coefficient (Wildman–Crippen LogP) is 14.3. The van der Waals surface area contributed by atoms with Gasteiger partial charge in [-0.15, -0.1) is 0 Å². The van der Waals surface area contributed by atoms with Crippen LogP contribution in [0.1, 0.15) is 23.6 Å². The first-order valence-corrected chi connectivity index (χ1v) is 18.5. The second-order valence-electron chi connectivity index (χ2n) is 15.0. The molecule has 0 N–H and O–H groups in total. The van der Waals surface area contributed by atoms with Crippen molar-refractivity contribution in [1.29, 1.82) is 0 Å². The lowest BCUT2D eigenvalue weighted by Gasteiger charge is -2.29. The van der Waals surface area contributed by atoms with Gasteiger partial charge in [0.2, 0.25) is 0 Å². The third kappa shape index (κ3) is 3.91. The lowest BCUT2D eigenvalue weighted by atomic mass is 9.73. The first-order valence-electron chi connectivity index (χ1n) is 18.5. The van der Waals surface area contributed by atoms with Gasteiger partial charge in [0, 0.05) is 16.2 Å². The smallest absolute Gasteiger partial charge is 0.135 e. The normalized spacial score (nSPS) is 15.3. The Hall–Kier alpha value is -6.70. The van der Waals surface area contributed by atoms with Crippen molar-refractivity contribution in [2.24, 2.45) is 0 Å². The van der Waals surface area contributed by atoms with Crippen molar-refractivity contribution in [3.05, 3.63) is 193 Å². The number of para-hydroxylation sites is 1. The van der Waals surface area contributed by atoms with Gasteiger partial charge < -0.3 is 4.42 Å². The lowest BCUT2D eigenvalue weighted by molar-refractivity contribution is 0.667. The Kier molecular flexibility index (Phi) is 5.70. The summed E-state index contributed by atoms with van der Waals surface area (Å²) >= 11 is 0. The van der Waals surface area contributed by atoms with Crippen molar-refractivity contribution in [2.75, 3.05) is 0 Å². The average molecular weight is 673 g/mol. The molecule has 10 aromatic carbocycles. The maximum absolute atomic E-state index is 6.30. The Morgan fingerprint density at radius 3 is 1.74 bits per heavy atom. The number of fused-ring (bicyclic) bond motifs is 7. The molecule has 0 saturated carbocycles. The van der Waals surface area contributed by atoms with E-state index in [1.54, 1.807) is 0 Å². The fourth-order valence-electron chi connectivity index (χ4n) is 9.65. The first kappa shape index (κ1) is 28.9. The second kappa shape index (κ2) is 10.4. The highest BCUT2D eigenvalue weighted by molar-refractivity contribution is 6.27. The molecule has 1 unspecified atom stereocenters. The molecule has 1 heteroatoms. The molecule has 1 atom stereocenters. The van der Waals surface area contributed by atoms with Gasteiger partial charge in [0.05, 0.1) is 0 Å². The summed E-state index contributed by atoms with van der Waals surface area (Å²) in [6, 6.07) is 65.3. The summed E-state index contributed by atoms with van der Waals surface area (Å²) in [5.74, 6) is 0. The molecule has 246 valence electrons. The van der Waals surface area contributed by atoms with E-state index in [2.05, 4.69) is 177 Å². The summed E-state index contributed by atoms with van der Waals surface area (Å²) in [7, 11) is 0. The standard InChI is InChI=1S/C52H32O/c1-52(37-20-26-49-45(30-37)41-13-7-8-14-48(41)53-49)46-29-36(19-23-40(46)44-27-34-11-5-6-12-35(34)28-47(44)52)39-22-16-33-17-24-42-38(31-9-3-2-4-10-31)21-15-32-18-25-43(39)51(33)50(32)42/h2-30H,1H3. The number of rotatable bonds is 3. The van der Waals surface area contributed by atoms with Crippen LogP contribution in [0.25, 0.3) is 98.4 Å². The zero-order chi connectivity index (χ0) is 34.8.